The van der Waals surface area contributed by atoms with Gasteiger partial charge in [-0.15, -0.1) is 0 Å². The Hall–Kier alpha value is -3.32. The third kappa shape index (κ3) is 6.84. The maximum atomic E-state index is 13.2. The van der Waals surface area contributed by atoms with Crippen molar-refractivity contribution in [3.8, 4) is 11.5 Å². The van der Waals surface area contributed by atoms with Gasteiger partial charge in [-0.25, -0.2) is 8.42 Å². The van der Waals surface area contributed by atoms with Crippen molar-refractivity contribution >= 4 is 21.6 Å². The number of hydrogen-bond donors (Lipinski definition) is 1. The lowest BCUT2D eigenvalue weighted by Crippen LogP contribution is -2.48. The molecule has 0 heterocycles. The van der Waals surface area contributed by atoms with E-state index in [1.807, 2.05) is 60.7 Å². The lowest BCUT2D eigenvalue weighted by molar-refractivity contribution is -0.122. The molecule has 7 heteroatoms. The second-order valence-electron chi connectivity index (χ2n) is 8.75. The molecule has 34 heavy (non-hydrogen) atoms. The van der Waals surface area contributed by atoms with E-state index in [9.17, 15) is 13.2 Å². The fourth-order valence-electron chi connectivity index (χ4n) is 3.82. The normalized spacial score (nSPS) is 13.2. The molecule has 0 aliphatic rings. The number of ether oxygens (including phenoxy) is 1. The zero-order chi connectivity index (χ0) is 24.7. The Morgan fingerprint density at radius 2 is 1.38 bits per heavy atom. The Labute approximate surface area is 202 Å². The lowest BCUT2D eigenvalue weighted by Gasteiger charge is -2.30. The fraction of sp³-hybridized carbons (Fsp3) is 0.296. The summed E-state index contributed by atoms with van der Waals surface area (Å²) in [6.45, 7) is 5.78. The van der Waals surface area contributed by atoms with Crippen molar-refractivity contribution in [1.29, 1.82) is 0 Å². The standard InChI is InChI=1S/C27H32N2O4S/c1-20(2)19-26(22-11-7-5-8-12-22)28-27(30)21(3)29(34(4,31)32)23-15-17-25(18-16-23)33-24-13-9-6-10-14-24/h5-18,20-21,26H,19H2,1-4H3,(H,28,30)/t21-,26-/m0/s1. The Bertz CT molecular complexity index is 1160. The average Bonchev–Trinajstić information content (AvgIpc) is 2.80. The number of nitrogens with zero attached hydrogens (tertiary/aromatic N) is 1. The third-order valence-electron chi connectivity index (χ3n) is 5.38. The van der Waals surface area contributed by atoms with Crippen molar-refractivity contribution < 1.29 is 17.9 Å². The van der Waals surface area contributed by atoms with Gasteiger partial charge in [0.15, 0.2) is 0 Å². The Morgan fingerprint density at radius 1 is 0.853 bits per heavy atom. The van der Waals surface area contributed by atoms with Gasteiger partial charge in [-0.05, 0) is 61.2 Å². The molecule has 6 nitrogen and oxygen atoms in total. The highest BCUT2D eigenvalue weighted by Crippen LogP contribution is 2.28. The lowest BCUT2D eigenvalue weighted by atomic mass is 9.96. The summed E-state index contributed by atoms with van der Waals surface area (Å²) in [6, 6.07) is 24.6. The van der Waals surface area contributed by atoms with E-state index in [4.69, 9.17) is 4.74 Å². The number of sulfonamides is 1. The molecule has 0 saturated heterocycles. The summed E-state index contributed by atoms with van der Waals surface area (Å²) in [6.07, 6.45) is 1.85. The minimum atomic E-state index is -3.73. The Morgan fingerprint density at radius 3 is 1.91 bits per heavy atom. The van der Waals surface area contributed by atoms with E-state index >= 15 is 0 Å². The number of carbonyl (C=O) groups excluding carboxylic acids is 1. The van der Waals surface area contributed by atoms with Gasteiger partial charge in [0.2, 0.25) is 15.9 Å². The minimum Gasteiger partial charge on any atom is -0.457 e. The second kappa shape index (κ2) is 11.2. The van der Waals surface area contributed by atoms with Crippen molar-refractivity contribution in [3.63, 3.8) is 0 Å². The van der Waals surface area contributed by atoms with Crippen LogP contribution >= 0.6 is 0 Å². The first-order valence-electron chi connectivity index (χ1n) is 11.3. The summed E-state index contributed by atoms with van der Waals surface area (Å²) in [5, 5.41) is 3.06. The van der Waals surface area contributed by atoms with E-state index in [0.717, 1.165) is 22.5 Å². The number of amides is 1. The summed E-state index contributed by atoms with van der Waals surface area (Å²) >= 11 is 0. The van der Waals surface area contributed by atoms with E-state index in [1.54, 1.807) is 31.2 Å². The Balaban J connectivity index is 1.81. The van der Waals surface area contributed by atoms with Crippen LogP contribution in [0.25, 0.3) is 0 Å². The molecule has 3 rings (SSSR count). The quantitative estimate of drug-likeness (QED) is 0.414. The van der Waals surface area contributed by atoms with Crippen LogP contribution in [-0.2, 0) is 14.8 Å². The van der Waals surface area contributed by atoms with Crippen LogP contribution in [0.5, 0.6) is 11.5 Å². The molecule has 0 aliphatic heterocycles. The molecule has 0 radical (unpaired) electrons. The van der Waals surface area contributed by atoms with Crippen LogP contribution in [0.2, 0.25) is 0 Å². The molecule has 3 aromatic carbocycles. The topological polar surface area (TPSA) is 75.7 Å². The van der Waals surface area contributed by atoms with E-state index < -0.39 is 16.1 Å². The maximum Gasteiger partial charge on any atom is 0.244 e. The number of para-hydroxylation sites is 1. The molecule has 0 bridgehead atoms. The predicted octanol–water partition coefficient (Wildman–Crippen LogP) is 5.54. The van der Waals surface area contributed by atoms with Crippen LogP contribution in [0.1, 0.15) is 38.8 Å². The first-order valence-corrected chi connectivity index (χ1v) is 13.2. The van der Waals surface area contributed by atoms with Crippen LogP contribution in [0.3, 0.4) is 0 Å². The van der Waals surface area contributed by atoms with Crippen molar-refractivity contribution in [2.75, 3.05) is 10.6 Å². The summed E-state index contributed by atoms with van der Waals surface area (Å²) in [4.78, 5) is 13.2. The zero-order valence-corrected chi connectivity index (χ0v) is 20.8. The first-order chi connectivity index (χ1) is 16.1. The highest BCUT2D eigenvalue weighted by molar-refractivity contribution is 7.92. The van der Waals surface area contributed by atoms with Crippen molar-refractivity contribution in [2.24, 2.45) is 5.92 Å². The van der Waals surface area contributed by atoms with Gasteiger partial charge in [0.05, 0.1) is 18.0 Å². The SMILES string of the molecule is CC(C)C[C@H](NC(=O)[C@H](C)N(c1ccc(Oc2ccccc2)cc1)S(C)(=O)=O)c1ccccc1. The zero-order valence-electron chi connectivity index (χ0n) is 20.0. The van der Waals surface area contributed by atoms with Crippen molar-refractivity contribution in [3.05, 3.63) is 90.5 Å². The molecule has 0 aliphatic carbocycles. The van der Waals surface area contributed by atoms with Crippen LogP contribution < -0.4 is 14.4 Å². The largest absolute Gasteiger partial charge is 0.457 e. The summed E-state index contributed by atoms with van der Waals surface area (Å²) < 4.78 is 32.3. The Kier molecular flexibility index (Phi) is 8.34. The number of rotatable bonds is 10. The third-order valence-corrected chi connectivity index (χ3v) is 6.63. The van der Waals surface area contributed by atoms with Gasteiger partial charge in [0.1, 0.15) is 17.5 Å². The maximum absolute atomic E-state index is 13.2. The molecule has 0 spiro atoms. The number of anilines is 1. The van der Waals surface area contributed by atoms with Crippen LogP contribution in [0.15, 0.2) is 84.9 Å². The molecule has 1 N–H and O–H groups in total. The van der Waals surface area contributed by atoms with E-state index in [2.05, 4.69) is 19.2 Å². The molecule has 2 atom stereocenters. The second-order valence-corrected chi connectivity index (χ2v) is 10.6. The molecule has 0 aromatic heterocycles. The number of nitrogens with one attached hydrogen (secondary N) is 1. The molecular weight excluding hydrogens is 448 g/mol. The van der Waals surface area contributed by atoms with Gasteiger partial charge < -0.3 is 10.1 Å². The van der Waals surface area contributed by atoms with Crippen LogP contribution in [0.4, 0.5) is 5.69 Å². The van der Waals surface area contributed by atoms with Gasteiger partial charge in [-0.2, -0.15) is 0 Å². The number of hydrogen-bond acceptors (Lipinski definition) is 4. The highest BCUT2D eigenvalue weighted by atomic mass is 32.2. The minimum absolute atomic E-state index is 0.209. The number of carbonyl (C=O) groups is 1. The van der Waals surface area contributed by atoms with E-state index in [-0.39, 0.29) is 11.9 Å². The molecule has 0 fully saturated rings. The van der Waals surface area contributed by atoms with E-state index in [0.29, 0.717) is 23.1 Å². The predicted molar refractivity (Wildman–Crippen MR) is 137 cm³/mol. The van der Waals surface area contributed by atoms with Gasteiger partial charge >= 0.3 is 0 Å². The fourth-order valence-corrected chi connectivity index (χ4v) is 5.00. The van der Waals surface area contributed by atoms with Gasteiger partial charge in [0, 0.05) is 0 Å². The summed E-state index contributed by atoms with van der Waals surface area (Å²) in [7, 11) is -3.73. The monoisotopic (exact) mass is 480 g/mol. The summed E-state index contributed by atoms with van der Waals surface area (Å²) in [5.74, 6) is 1.25. The highest BCUT2D eigenvalue weighted by Gasteiger charge is 2.30. The summed E-state index contributed by atoms with van der Waals surface area (Å²) in [5.41, 5.74) is 1.38. The van der Waals surface area contributed by atoms with Gasteiger partial charge in [-0.1, -0.05) is 62.4 Å². The first kappa shape index (κ1) is 25.3. The average molecular weight is 481 g/mol. The van der Waals surface area contributed by atoms with Crippen molar-refractivity contribution in [1.82, 2.24) is 5.32 Å². The smallest absolute Gasteiger partial charge is 0.244 e. The molecule has 0 unspecified atom stereocenters. The molecular formula is C27H32N2O4S. The van der Waals surface area contributed by atoms with Crippen LogP contribution in [-0.4, -0.2) is 26.6 Å². The van der Waals surface area contributed by atoms with Crippen LogP contribution in [0, 0.1) is 5.92 Å². The molecule has 1 amide bonds. The molecule has 3 aromatic rings. The van der Waals surface area contributed by atoms with Gasteiger partial charge in [-0.3, -0.25) is 9.10 Å². The molecule has 180 valence electrons. The van der Waals surface area contributed by atoms with E-state index in [1.165, 1.54) is 0 Å². The molecule has 0 saturated carbocycles. The van der Waals surface area contributed by atoms with Gasteiger partial charge in [0.25, 0.3) is 0 Å². The number of benzene rings is 3. The van der Waals surface area contributed by atoms with Crippen molar-refractivity contribution in [2.45, 2.75) is 39.3 Å².